The molecule has 0 atom stereocenters. The summed E-state index contributed by atoms with van der Waals surface area (Å²) >= 11 is 0. The lowest BCUT2D eigenvalue weighted by Crippen LogP contribution is -2.12. The highest BCUT2D eigenvalue weighted by atomic mass is 16.1. The Morgan fingerprint density at radius 3 is 2.81 bits per heavy atom. The van der Waals surface area contributed by atoms with Gasteiger partial charge in [-0.25, -0.2) is 4.98 Å². The fourth-order valence-corrected chi connectivity index (χ4v) is 3.63. The van der Waals surface area contributed by atoms with Gasteiger partial charge in [-0.3, -0.25) is 9.89 Å². The van der Waals surface area contributed by atoms with Crippen molar-refractivity contribution in [3.8, 4) is 11.3 Å². The third kappa shape index (κ3) is 2.81. The Kier molecular flexibility index (Phi) is 3.62. The van der Waals surface area contributed by atoms with Crippen molar-refractivity contribution in [3.05, 3.63) is 53.7 Å². The van der Waals surface area contributed by atoms with E-state index in [0.29, 0.717) is 11.5 Å². The first-order valence-corrected chi connectivity index (χ1v) is 9.29. The molecule has 2 aromatic heterocycles. The molecule has 1 aromatic carbocycles. The average molecular weight is 347 g/mol. The van der Waals surface area contributed by atoms with Crippen LogP contribution in [0.4, 0.5) is 5.69 Å². The van der Waals surface area contributed by atoms with E-state index >= 15 is 0 Å². The largest absolute Gasteiger partial charge is 0.334 e. The smallest absolute Gasteiger partial charge is 0.259 e. The standard InChI is InChI=1S/C20H21N5O/c26-20(16-11-21-24-19(16)14-4-5-14)22-15-8-6-13(7-9-15)17-12-25-10-2-1-3-18(25)23-17/h6-9,11-12,14H,1-5,10H2,(H,21,24)(H,22,26). The van der Waals surface area contributed by atoms with Crippen LogP contribution in [-0.4, -0.2) is 25.7 Å². The van der Waals surface area contributed by atoms with Crippen molar-refractivity contribution >= 4 is 11.6 Å². The van der Waals surface area contributed by atoms with Gasteiger partial charge >= 0.3 is 0 Å². The maximum atomic E-state index is 12.5. The number of fused-ring (bicyclic) bond motifs is 1. The highest BCUT2D eigenvalue weighted by molar-refractivity contribution is 6.05. The molecule has 132 valence electrons. The molecule has 1 aliphatic carbocycles. The molecule has 1 fully saturated rings. The molecule has 2 aliphatic rings. The van der Waals surface area contributed by atoms with Gasteiger partial charge in [0.05, 0.1) is 23.1 Å². The van der Waals surface area contributed by atoms with Gasteiger partial charge in [0.2, 0.25) is 0 Å². The highest BCUT2D eigenvalue weighted by Crippen LogP contribution is 2.40. The summed E-state index contributed by atoms with van der Waals surface area (Å²) in [7, 11) is 0. The Labute approximate surface area is 151 Å². The van der Waals surface area contributed by atoms with Gasteiger partial charge in [0.1, 0.15) is 5.82 Å². The van der Waals surface area contributed by atoms with E-state index < -0.39 is 0 Å². The second kappa shape index (κ2) is 6.12. The van der Waals surface area contributed by atoms with Crippen molar-refractivity contribution in [3.63, 3.8) is 0 Å². The summed E-state index contributed by atoms with van der Waals surface area (Å²) in [5.74, 6) is 1.54. The van der Waals surface area contributed by atoms with Gasteiger partial charge in [0, 0.05) is 36.3 Å². The summed E-state index contributed by atoms with van der Waals surface area (Å²) in [4.78, 5) is 17.3. The van der Waals surface area contributed by atoms with Gasteiger partial charge in [-0.05, 0) is 37.8 Å². The fraction of sp³-hybridized carbons (Fsp3) is 0.350. The minimum absolute atomic E-state index is 0.106. The lowest BCUT2D eigenvalue weighted by atomic mass is 10.1. The zero-order valence-corrected chi connectivity index (χ0v) is 14.5. The number of aryl methyl sites for hydroxylation is 2. The quantitative estimate of drug-likeness (QED) is 0.755. The normalized spacial score (nSPS) is 16.3. The minimum atomic E-state index is -0.106. The predicted molar refractivity (Wildman–Crippen MR) is 99.1 cm³/mol. The number of carbonyl (C=O) groups is 1. The number of H-pyrrole nitrogens is 1. The lowest BCUT2D eigenvalue weighted by Gasteiger charge is -2.11. The van der Waals surface area contributed by atoms with E-state index in [1.165, 1.54) is 18.7 Å². The molecule has 0 saturated heterocycles. The molecule has 6 heteroatoms. The van der Waals surface area contributed by atoms with Crippen molar-refractivity contribution < 1.29 is 4.79 Å². The van der Waals surface area contributed by atoms with Gasteiger partial charge in [-0.1, -0.05) is 12.1 Å². The summed E-state index contributed by atoms with van der Waals surface area (Å²) in [6, 6.07) is 7.90. The molecule has 5 rings (SSSR count). The molecule has 3 aromatic rings. The highest BCUT2D eigenvalue weighted by Gasteiger charge is 2.29. The Morgan fingerprint density at radius 2 is 2.04 bits per heavy atom. The molecular formula is C20H21N5O. The second-order valence-electron chi connectivity index (χ2n) is 7.20. The number of hydrogen-bond donors (Lipinski definition) is 2. The maximum Gasteiger partial charge on any atom is 0.259 e. The summed E-state index contributed by atoms with van der Waals surface area (Å²) in [6.07, 6.45) is 9.52. The number of imidazole rings is 1. The van der Waals surface area contributed by atoms with Gasteiger partial charge in [0.15, 0.2) is 0 Å². The first-order valence-electron chi connectivity index (χ1n) is 9.29. The van der Waals surface area contributed by atoms with Crippen molar-refractivity contribution in [1.82, 2.24) is 19.7 Å². The number of hydrogen-bond acceptors (Lipinski definition) is 3. The molecular weight excluding hydrogens is 326 g/mol. The molecule has 0 unspecified atom stereocenters. The van der Waals surface area contributed by atoms with E-state index in [2.05, 4.69) is 26.3 Å². The molecule has 3 heterocycles. The zero-order chi connectivity index (χ0) is 17.5. The molecule has 1 amide bonds. The third-order valence-corrected chi connectivity index (χ3v) is 5.25. The van der Waals surface area contributed by atoms with Crippen LogP contribution >= 0.6 is 0 Å². The number of anilines is 1. The minimum Gasteiger partial charge on any atom is -0.334 e. The first-order chi connectivity index (χ1) is 12.8. The van der Waals surface area contributed by atoms with E-state index in [1.807, 2.05) is 24.3 Å². The van der Waals surface area contributed by atoms with Crippen molar-refractivity contribution in [1.29, 1.82) is 0 Å². The maximum absolute atomic E-state index is 12.5. The molecule has 0 spiro atoms. The van der Waals surface area contributed by atoms with Crippen LogP contribution in [0.5, 0.6) is 0 Å². The number of benzene rings is 1. The SMILES string of the molecule is O=C(Nc1ccc(-c2cn3c(n2)CCCC3)cc1)c1cn[nH]c1C1CC1. The number of aromatic nitrogens is 4. The summed E-state index contributed by atoms with van der Waals surface area (Å²) < 4.78 is 2.26. The van der Waals surface area contributed by atoms with Crippen molar-refractivity contribution in [2.45, 2.75) is 44.6 Å². The van der Waals surface area contributed by atoms with Crippen LogP contribution in [-0.2, 0) is 13.0 Å². The van der Waals surface area contributed by atoms with Crippen LogP contribution < -0.4 is 5.32 Å². The Bertz CT molecular complexity index is 925. The van der Waals surface area contributed by atoms with E-state index in [1.54, 1.807) is 6.20 Å². The number of nitrogens with zero attached hydrogens (tertiary/aromatic N) is 3. The fourth-order valence-electron chi connectivity index (χ4n) is 3.63. The molecule has 0 radical (unpaired) electrons. The average Bonchev–Trinajstić information content (AvgIpc) is 3.22. The molecule has 26 heavy (non-hydrogen) atoms. The van der Waals surface area contributed by atoms with Crippen LogP contribution in [0.15, 0.2) is 36.7 Å². The van der Waals surface area contributed by atoms with Crippen molar-refractivity contribution in [2.75, 3.05) is 5.32 Å². The number of rotatable bonds is 4. The Balaban J connectivity index is 1.32. The second-order valence-corrected chi connectivity index (χ2v) is 7.20. The Hall–Kier alpha value is -2.89. The summed E-state index contributed by atoms with van der Waals surface area (Å²) in [5.41, 5.74) is 4.48. The number of nitrogens with one attached hydrogen (secondary N) is 2. The van der Waals surface area contributed by atoms with Gasteiger partial charge in [-0.15, -0.1) is 0 Å². The molecule has 6 nitrogen and oxygen atoms in total. The monoisotopic (exact) mass is 347 g/mol. The molecule has 2 N–H and O–H groups in total. The molecule has 0 bridgehead atoms. The first kappa shape index (κ1) is 15.4. The summed E-state index contributed by atoms with van der Waals surface area (Å²) in [6.45, 7) is 1.06. The van der Waals surface area contributed by atoms with E-state index in [0.717, 1.165) is 48.4 Å². The summed E-state index contributed by atoms with van der Waals surface area (Å²) in [5, 5.41) is 9.97. The van der Waals surface area contributed by atoms with Gasteiger partial charge < -0.3 is 9.88 Å². The van der Waals surface area contributed by atoms with E-state index in [9.17, 15) is 4.79 Å². The van der Waals surface area contributed by atoms with Gasteiger partial charge in [0.25, 0.3) is 5.91 Å². The van der Waals surface area contributed by atoms with Crippen molar-refractivity contribution in [2.24, 2.45) is 0 Å². The number of carbonyl (C=O) groups excluding carboxylic acids is 1. The molecule has 1 saturated carbocycles. The Morgan fingerprint density at radius 1 is 1.19 bits per heavy atom. The van der Waals surface area contributed by atoms with Crippen LogP contribution in [0.25, 0.3) is 11.3 Å². The third-order valence-electron chi connectivity index (χ3n) is 5.25. The van der Waals surface area contributed by atoms with Gasteiger partial charge in [-0.2, -0.15) is 5.10 Å². The topological polar surface area (TPSA) is 75.6 Å². The van der Waals surface area contributed by atoms with Crippen LogP contribution in [0.3, 0.4) is 0 Å². The lowest BCUT2D eigenvalue weighted by molar-refractivity contribution is 0.102. The number of amides is 1. The van der Waals surface area contributed by atoms with E-state index in [-0.39, 0.29) is 5.91 Å². The number of aromatic amines is 1. The van der Waals surface area contributed by atoms with Crippen LogP contribution in [0.2, 0.25) is 0 Å². The predicted octanol–water partition coefficient (Wildman–Crippen LogP) is 3.74. The van der Waals surface area contributed by atoms with Crippen LogP contribution in [0.1, 0.15) is 53.5 Å². The molecule has 1 aliphatic heterocycles. The zero-order valence-electron chi connectivity index (χ0n) is 14.5. The van der Waals surface area contributed by atoms with Crippen LogP contribution in [0, 0.1) is 0 Å². The van der Waals surface area contributed by atoms with E-state index in [4.69, 9.17) is 4.98 Å².